The van der Waals surface area contributed by atoms with Gasteiger partial charge in [-0.15, -0.1) is 0 Å². The molecular formula is C14H17FN2O2. The molecule has 0 aliphatic heterocycles. The fourth-order valence-electron chi connectivity index (χ4n) is 1.38. The first kappa shape index (κ1) is 15.0. The Kier molecular flexibility index (Phi) is 4.87. The third kappa shape index (κ3) is 3.95. The van der Waals surface area contributed by atoms with Crippen molar-refractivity contribution in [2.75, 3.05) is 6.61 Å². The van der Waals surface area contributed by atoms with Crippen molar-refractivity contribution in [1.29, 1.82) is 5.26 Å². The second kappa shape index (κ2) is 6.19. The lowest BCUT2D eigenvalue weighted by Crippen LogP contribution is -2.35. The average molecular weight is 264 g/mol. The summed E-state index contributed by atoms with van der Waals surface area (Å²) in [5.74, 6) is -0.660. The van der Waals surface area contributed by atoms with E-state index in [1.165, 1.54) is 26.0 Å². The molecule has 0 heterocycles. The maximum atomic E-state index is 13.6. The van der Waals surface area contributed by atoms with Gasteiger partial charge in [-0.1, -0.05) is 6.07 Å². The van der Waals surface area contributed by atoms with Crippen LogP contribution < -0.4 is 10.1 Å². The molecule has 0 fully saturated rings. The molecule has 102 valence electrons. The number of nitriles is 1. The van der Waals surface area contributed by atoms with Crippen molar-refractivity contribution < 1.29 is 13.9 Å². The molecule has 0 bridgehead atoms. The molecule has 1 N–H and O–H groups in total. The molecule has 0 unspecified atom stereocenters. The summed E-state index contributed by atoms with van der Waals surface area (Å²) in [6, 6.07) is 6.42. The average Bonchev–Trinajstić information content (AvgIpc) is 2.39. The Morgan fingerprint density at radius 3 is 2.74 bits per heavy atom. The van der Waals surface area contributed by atoms with Gasteiger partial charge in [-0.2, -0.15) is 5.26 Å². The highest BCUT2D eigenvalue weighted by Gasteiger charge is 2.26. The summed E-state index contributed by atoms with van der Waals surface area (Å²) in [5, 5.41) is 11.4. The molecule has 5 heteroatoms. The number of rotatable bonds is 5. The van der Waals surface area contributed by atoms with Crippen LogP contribution in [0.2, 0.25) is 0 Å². The number of nitrogens with zero attached hydrogens (tertiary/aromatic N) is 1. The number of halogens is 1. The van der Waals surface area contributed by atoms with Gasteiger partial charge in [-0.3, -0.25) is 4.79 Å². The van der Waals surface area contributed by atoms with E-state index in [9.17, 15) is 9.18 Å². The molecule has 0 saturated carbocycles. The first-order chi connectivity index (χ1) is 8.90. The topological polar surface area (TPSA) is 62.1 Å². The van der Waals surface area contributed by atoms with E-state index in [1.807, 2.05) is 6.07 Å². The van der Waals surface area contributed by atoms with Gasteiger partial charge in [0.2, 0.25) is 5.91 Å². The number of ether oxygens (including phenoxy) is 1. The van der Waals surface area contributed by atoms with Crippen LogP contribution in [-0.2, 0) is 11.3 Å². The fourth-order valence-corrected chi connectivity index (χ4v) is 1.38. The molecule has 0 radical (unpaired) electrons. The summed E-state index contributed by atoms with van der Waals surface area (Å²) in [6.45, 7) is 5.40. The van der Waals surface area contributed by atoms with Gasteiger partial charge < -0.3 is 10.1 Å². The number of carbonyl (C=O) groups excluding carboxylic acids is 1. The summed E-state index contributed by atoms with van der Waals surface area (Å²) < 4.78 is 18.7. The highest BCUT2D eigenvalue weighted by Crippen LogP contribution is 2.19. The Hall–Kier alpha value is -2.09. The molecule has 1 amide bonds. The lowest BCUT2D eigenvalue weighted by molar-refractivity contribution is -0.126. The summed E-state index contributed by atoms with van der Waals surface area (Å²) >= 11 is 0. The monoisotopic (exact) mass is 264 g/mol. The summed E-state index contributed by atoms with van der Waals surface area (Å²) in [6.07, 6.45) is 0. The standard InChI is InChI=1S/C14H17FN2O2/c1-4-19-12-6-5-10(7-11(12)15)8-17-13(18)14(2,3)9-16/h5-7H,4,8H2,1-3H3,(H,17,18). The number of hydrogen-bond acceptors (Lipinski definition) is 3. The van der Waals surface area contributed by atoms with Crippen LogP contribution >= 0.6 is 0 Å². The Bertz CT molecular complexity index is 507. The summed E-state index contributed by atoms with van der Waals surface area (Å²) in [5.41, 5.74) is -0.480. The van der Waals surface area contributed by atoms with Gasteiger partial charge in [0.25, 0.3) is 0 Å². The largest absolute Gasteiger partial charge is 0.491 e. The fraction of sp³-hybridized carbons (Fsp3) is 0.429. The smallest absolute Gasteiger partial charge is 0.240 e. The molecule has 1 rings (SSSR count). The molecule has 19 heavy (non-hydrogen) atoms. The third-order valence-electron chi connectivity index (χ3n) is 2.60. The van der Waals surface area contributed by atoms with Gasteiger partial charge in [0, 0.05) is 6.54 Å². The number of hydrogen-bond donors (Lipinski definition) is 1. The van der Waals surface area contributed by atoms with Gasteiger partial charge in [-0.25, -0.2) is 4.39 Å². The molecule has 0 aromatic heterocycles. The minimum absolute atomic E-state index is 0.174. The molecule has 0 aliphatic carbocycles. The Balaban J connectivity index is 2.67. The maximum Gasteiger partial charge on any atom is 0.240 e. The van der Waals surface area contributed by atoms with Gasteiger partial charge >= 0.3 is 0 Å². The van der Waals surface area contributed by atoms with Gasteiger partial charge in [0.15, 0.2) is 11.6 Å². The van der Waals surface area contributed by atoms with Crippen LogP contribution in [-0.4, -0.2) is 12.5 Å². The highest BCUT2D eigenvalue weighted by atomic mass is 19.1. The zero-order valence-electron chi connectivity index (χ0n) is 11.3. The molecule has 4 nitrogen and oxygen atoms in total. The van der Waals surface area contributed by atoms with Crippen molar-refractivity contribution in [1.82, 2.24) is 5.32 Å². The molecular weight excluding hydrogens is 247 g/mol. The third-order valence-corrected chi connectivity index (χ3v) is 2.60. The number of carbonyl (C=O) groups is 1. The molecule has 0 spiro atoms. The Morgan fingerprint density at radius 2 is 2.21 bits per heavy atom. The van der Waals surface area contributed by atoms with Crippen molar-refractivity contribution in [3.05, 3.63) is 29.6 Å². The van der Waals surface area contributed by atoms with Crippen LogP contribution in [0.15, 0.2) is 18.2 Å². The minimum atomic E-state index is -1.09. The lowest BCUT2D eigenvalue weighted by atomic mass is 9.95. The number of benzene rings is 1. The van der Waals surface area contributed by atoms with E-state index >= 15 is 0 Å². The second-order valence-corrected chi connectivity index (χ2v) is 4.62. The summed E-state index contributed by atoms with van der Waals surface area (Å²) in [7, 11) is 0. The van der Waals surface area contributed by atoms with Gasteiger partial charge in [-0.05, 0) is 38.5 Å². The predicted molar refractivity (Wildman–Crippen MR) is 68.8 cm³/mol. The van der Waals surface area contributed by atoms with Crippen LogP contribution in [0.1, 0.15) is 26.3 Å². The SMILES string of the molecule is CCOc1ccc(CNC(=O)C(C)(C)C#N)cc1F. The second-order valence-electron chi connectivity index (χ2n) is 4.62. The van der Waals surface area contributed by atoms with E-state index < -0.39 is 11.2 Å². The van der Waals surface area contributed by atoms with E-state index in [-0.39, 0.29) is 18.2 Å². The Labute approximate surface area is 112 Å². The van der Waals surface area contributed by atoms with Gasteiger partial charge in [0.1, 0.15) is 5.41 Å². The first-order valence-corrected chi connectivity index (χ1v) is 6.01. The van der Waals surface area contributed by atoms with Crippen molar-refractivity contribution in [3.8, 4) is 11.8 Å². The zero-order valence-corrected chi connectivity index (χ0v) is 11.3. The molecule has 1 aromatic rings. The first-order valence-electron chi connectivity index (χ1n) is 6.01. The van der Waals surface area contributed by atoms with E-state index in [2.05, 4.69) is 5.32 Å². The molecule has 0 aliphatic rings. The van der Waals surface area contributed by atoms with Crippen molar-refractivity contribution in [2.24, 2.45) is 5.41 Å². The van der Waals surface area contributed by atoms with E-state index in [4.69, 9.17) is 10.00 Å². The van der Waals surface area contributed by atoms with E-state index in [1.54, 1.807) is 13.0 Å². The zero-order chi connectivity index (χ0) is 14.5. The molecule has 0 atom stereocenters. The van der Waals surface area contributed by atoms with Crippen LogP contribution in [0.25, 0.3) is 0 Å². The lowest BCUT2D eigenvalue weighted by Gasteiger charge is -2.15. The van der Waals surface area contributed by atoms with Gasteiger partial charge in [0.05, 0.1) is 12.7 Å². The maximum absolute atomic E-state index is 13.6. The number of amides is 1. The van der Waals surface area contributed by atoms with Crippen LogP contribution in [0.4, 0.5) is 4.39 Å². The van der Waals surface area contributed by atoms with E-state index in [0.29, 0.717) is 12.2 Å². The van der Waals surface area contributed by atoms with Crippen molar-refractivity contribution in [3.63, 3.8) is 0 Å². The molecule has 0 saturated heterocycles. The number of nitrogens with one attached hydrogen (secondary N) is 1. The highest BCUT2D eigenvalue weighted by molar-refractivity contribution is 5.84. The van der Waals surface area contributed by atoms with Crippen LogP contribution in [0, 0.1) is 22.6 Å². The van der Waals surface area contributed by atoms with E-state index in [0.717, 1.165) is 0 Å². The summed E-state index contributed by atoms with van der Waals surface area (Å²) in [4.78, 5) is 11.7. The van der Waals surface area contributed by atoms with Crippen molar-refractivity contribution in [2.45, 2.75) is 27.3 Å². The normalized spacial score (nSPS) is 10.7. The quantitative estimate of drug-likeness (QED) is 0.888. The van der Waals surface area contributed by atoms with Crippen LogP contribution in [0.5, 0.6) is 5.75 Å². The predicted octanol–water partition coefficient (Wildman–Crippen LogP) is 2.39. The van der Waals surface area contributed by atoms with Crippen molar-refractivity contribution >= 4 is 5.91 Å². The minimum Gasteiger partial charge on any atom is -0.491 e. The molecule has 1 aromatic carbocycles. The van der Waals surface area contributed by atoms with Crippen LogP contribution in [0.3, 0.4) is 0 Å². The Morgan fingerprint density at radius 1 is 1.53 bits per heavy atom.